The van der Waals surface area contributed by atoms with Crippen LogP contribution in [0.3, 0.4) is 0 Å². The van der Waals surface area contributed by atoms with Crippen LogP contribution in [-0.2, 0) is 0 Å². The lowest BCUT2D eigenvalue weighted by molar-refractivity contribution is 0.640. The van der Waals surface area contributed by atoms with Crippen molar-refractivity contribution >= 4 is 33.3 Å². The zero-order chi connectivity index (χ0) is 10.8. The van der Waals surface area contributed by atoms with E-state index in [1.807, 2.05) is 12.3 Å². The quantitative estimate of drug-likeness (QED) is 0.821. The zero-order valence-corrected chi connectivity index (χ0v) is 11.1. The third-order valence-corrected chi connectivity index (χ3v) is 3.62. The highest BCUT2D eigenvalue weighted by atomic mass is 79.9. The van der Waals surface area contributed by atoms with E-state index in [0.29, 0.717) is 6.04 Å². The van der Waals surface area contributed by atoms with Gasteiger partial charge in [-0.25, -0.2) is 4.98 Å². The number of aromatic nitrogens is 1. The third kappa shape index (κ3) is 2.28. The Hall–Kier alpha value is -0.280. The smallest absolute Gasteiger partial charge is 0.147 e. The van der Waals surface area contributed by atoms with Crippen LogP contribution < -0.4 is 4.90 Å². The van der Waals surface area contributed by atoms with Gasteiger partial charge in [-0.3, -0.25) is 0 Å². The number of hydrogen-bond acceptors (Lipinski definition) is 2. The SMILES string of the molecule is CCC1CCCN1c1ncc(Br)cc1Cl. The minimum absolute atomic E-state index is 0.608. The van der Waals surface area contributed by atoms with E-state index < -0.39 is 0 Å². The predicted octanol–water partition coefficient (Wildman–Crippen LogP) is 3.88. The monoisotopic (exact) mass is 288 g/mol. The average molecular weight is 290 g/mol. The molecule has 1 aromatic rings. The molecule has 0 bridgehead atoms. The first kappa shape index (κ1) is 11.2. The lowest BCUT2D eigenvalue weighted by Crippen LogP contribution is -2.29. The van der Waals surface area contributed by atoms with Crippen LogP contribution in [-0.4, -0.2) is 17.6 Å². The first-order valence-electron chi connectivity index (χ1n) is 5.30. The summed E-state index contributed by atoms with van der Waals surface area (Å²) in [5, 5.41) is 0.740. The summed E-state index contributed by atoms with van der Waals surface area (Å²) in [5.74, 6) is 0.934. The highest BCUT2D eigenvalue weighted by Gasteiger charge is 2.25. The van der Waals surface area contributed by atoms with Crippen molar-refractivity contribution in [3.63, 3.8) is 0 Å². The molecule has 1 aromatic heterocycles. The van der Waals surface area contributed by atoms with Crippen molar-refractivity contribution in [2.24, 2.45) is 0 Å². The molecule has 4 heteroatoms. The largest absolute Gasteiger partial charge is 0.352 e. The molecule has 1 aliphatic rings. The van der Waals surface area contributed by atoms with Gasteiger partial charge in [-0.15, -0.1) is 0 Å². The predicted molar refractivity (Wildman–Crippen MR) is 67.6 cm³/mol. The number of rotatable bonds is 2. The van der Waals surface area contributed by atoms with Gasteiger partial charge in [-0.2, -0.15) is 0 Å². The summed E-state index contributed by atoms with van der Waals surface area (Å²) < 4.78 is 0.934. The van der Waals surface area contributed by atoms with Gasteiger partial charge in [0.15, 0.2) is 0 Å². The van der Waals surface area contributed by atoms with Crippen molar-refractivity contribution < 1.29 is 0 Å². The summed E-state index contributed by atoms with van der Waals surface area (Å²) >= 11 is 9.57. The molecule has 0 radical (unpaired) electrons. The second-order valence-corrected chi connectivity index (χ2v) is 5.18. The molecule has 2 heterocycles. The van der Waals surface area contributed by atoms with Gasteiger partial charge >= 0.3 is 0 Å². The number of nitrogens with zero attached hydrogens (tertiary/aromatic N) is 2. The number of hydrogen-bond donors (Lipinski definition) is 0. The van der Waals surface area contributed by atoms with Crippen LogP contribution in [0, 0.1) is 0 Å². The van der Waals surface area contributed by atoms with Crippen molar-refractivity contribution in [1.82, 2.24) is 4.98 Å². The Morgan fingerprint density at radius 1 is 1.67 bits per heavy atom. The maximum atomic E-state index is 6.20. The zero-order valence-electron chi connectivity index (χ0n) is 8.71. The van der Waals surface area contributed by atoms with Gasteiger partial charge in [0.1, 0.15) is 5.82 Å². The fourth-order valence-corrected chi connectivity index (χ4v) is 2.90. The number of halogens is 2. The summed E-state index contributed by atoms with van der Waals surface area (Å²) in [7, 11) is 0. The Morgan fingerprint density at radius 3 is 3.13 bits per heavy atom. The summed E-state index contributed by atoms with van der Waals surface area (Å²) in [6.45, 7) is 3.29. The van der Waals surface area contributed by atoms with E-state index in [9.17, 15) is 0 Å². The molecule has 0 aliphatic carbocycles. The van der Waals surface area contributed by atoms with Crippen molar-refractivity contribution in [2.45, 2.75) is 32.2 Å². The molecule has 1 unspecified atom stereocenters. The number of anilines is 1. The Kier molecular flexibility index (Phi) is 3.52. The molecular formula is C11H14BrClN2. The van der Waals surface area contributed by atoms with E-state index in [4.69, 9.17) is 11.6 Å². The first-order valence-corrected chi connectivity index (χ1v) is 6.47. The van der Waals surface area contributed by atoms with Gasteiger partial charge in [-0.05, 0) is 41.3 Å². The molecule has 0 amide bonds. The van der Waals surface area contributed by atoms with Crippen LogP contribution >= 0.6 is 27.5 Å². The molecule has 1 saturated heterocycles. The molecule has 82 valence electrons. The molecule has 1 aliphatic heterocycles. The van der Waals surface area contributed by atoms with E-state index >= 15 is 0 Å². The van der Waals surface area contributed by atoms with Crippen LogP contribution in [0.15, 0.2) is 16.7 Å². The molecule has 0 aromatic carbocycles. The van der Waals surface area contributed by atoms with Crippen LogP contribution in [0.4, 0.5) is 5.82 Å². The fourth-order valence-electron chi connectivity index (χ4n) is 2.16. The van der Waals surface area contributed by atoms with Crippen LogP contribution in [0.1, 0.15) is 26.2 Å². The fraction of sp³-hybridized carbons (Fsp3) is 0.545. The highest BCUT2D eigenvalue weighted by Crippen LogP contribution is 2.32. The van der Waals surface area contributed by atoms with Gasteiger partial charge < -0.3 is 4.90 Å². The van der Waals surface area contributed by atoms with Crippen molar-refractivity contribution in [3.8, 4) is 0 Å². The van der Waals surface area contributed by atoms with Crippen LogP contribution in [0.25, 0.3) is 0 Å². The lowest BCUT2D eigenvalue weighted by Gasteiger charge is -2.25. The van der Waals surface area contributed by atoms with Gasteiger partial charge in [0.2, 0.25) is 0 Å². The minimum atomic E-state index is 0.608. The van der Waals surface area contributed by atoms with E-state index in [1.54, 1.807) is 0 Å². The molecule has 2 rings (SSSR count). The topological polar surface area (TPSA) is 16.1 Å². The van der Waals surface area contributed by atoms with E-state index in [2.05, 4.69) is 32.7 Å². The van der Waals surface area contributed by atoms with Gasteiger partial charge in [-0.1, -0.05) is 18.5 Å². The van der Waals surface area contributed by atoms with Crippen molar-refractivity contribution in [1.29, 1.82) is 0 Å². The summed E-state index contributed by atoms with van der Waals surface area (Å²) in [6.07, 6.45) is 5.47. The van der Waals surface area contributed by atoms with Crippen LogP contribution in [0.5, 0.6) is 0 Å². The summed E-state index contributed by atoms with van der Waals surface area (Å²) in [5.41, 5.74) is 0. The van der Waals surface area contributed by atoms with Gasteiger partial charge in [0, 0.05) is 23.3 Å². The lowest BCUT2D eigenvalue weighted by atomic mass is 10.2. The first-order chi connectivity index (χ1) is 7.22. The summed E-state index contributed by atoms with van der Waals surface area (Å²) in [6, 6.07) is 2.52. The van der Waals surface area contributed by atoms with Gasteiger partial charge in [0.25, 0.3) is 0 Å². The number of pyridine rings is 1. The molecule has 2 nitrogen and oxygen atoms in total. The second-order valence-electron chi connectivity index (χ2n) is 3.86. The van der Waals surface area contributed by atoms with Gasteiger partial charge in [0.05, 0.1) is 5.02 Å². The minimum Gasteiger partial charge on any atom is -0.352 e. The van der Waals surface area contributed by atoms with E-state index in [0.717, 1.165) is 28.3 Å². The molecule has 1 atom stereocenters. The Labute approximate surface area is 104 Å². The Balaban J connectivity index is 2.28. The standard InChI is InChI=1S/C11H14BrClN2/c1-2-9-4-3-5-15(9)11-10(13)6-8(12)7-14-11/h6-7,9H,2-5H2,1H3. The van der Waals surface area contributed by atoms with Crippen molar-refractivity contribution in [3.05, 3.63) is 21.8 Å². The molecule has 0 N–H and O–H groups in total. The highest BCUT2D eigenvalue weighted by molar-refractivity contribution is 9.10. The molecule has 0 saturated carbocycles. The van der Waals surface area contributed by atoms with Crippen molar-refractivity contribution in [2.75, 3.05) is 11.4 Å². The third-order valence-electron chi connectivity index (χ3n) is 2.91. The average Bonchev–Trinajstić information content (AvgIpc) is 2.65. The Bertz CT molecular complexity index is 356. The summed E-state index contributed by atoms with van der Waals surface area (Å²) in [4.78, 5) is 6.73. The maximum Gasteiger partial charge on any atom is 0.147 e. The normalized spacial score (nSPS) is 21.0. The van der Waals surface area contributed by atoms with Crippen LogP contribution in [0.2, 0.25) is 5.02 Å². The maximum absolute atomic E-state index is 6.20. The molecular weight excluding hydrogens is 275 g/mol. The Morgan fingerprint density at radius 2 is 2.47 bits per heavy atom. The van der Waals surface area contributed by atoms with E-state index in [-0.39, 0.29) is 0 Å². The molecule has 0 spiro atoms. The van der Waals surface area contributed by atoms with E-state index in [1.165, 1.54) is 12.8 Å². The molecule has 1 fully saturated rings. The molecule has 15 heavy (non-hydrogen) atoms. The second kappa shape index (κ2) is 4.71.